The lowest BCUT2D eigenvalue weighted by atomic mass is 9.94. The summed E-state index contributed by atoms with van der Waals surface area (Å²) in [6.07, 6.45) is 7.85. The zero-order chi connectivity index (χ0) is 26.1. The molecule has 10 nitrogen and oxygen atoms in total. The molecule has 0 spiro atoms. The van der Waals surface area contributed by atoms with Crippen molar-refractivity contribution in [2.45, 2.75) is 117 Å². The maximum atomic E-state index is 13.0. The molecule has 35 heavy (non-hydrogen) atoms. The van der Waals surface area contributed by atoms with Crippen LogP contribution < -0.4 is 5.73 Å². The minimum absolute atomic E-state index is 0.192. The lowest BCUT2D eigenvalue weighted by Crippen LogP contribution is -2.46. The van der Waals surface area contributed by atoms with Crippen molar-refractivity contribution >= 4 is 12.2 Å². The van der Waals surface area contributed by atoms with Crippen LogP contribution in [0.3, 0.4) is 0 Å². The number of carbonyl (C=O) groups is 2. The van der Waals surface area contributed by atoms with Crippen molar-refractivity contribution in [3.63, 3.8) is 0 Å². The molecule has 1 aromatic heterocycles. The fourth-order valence-electron chi connectivity index (χ4n) is 4.15. The number of hydrogen-bond donors (Lipinski definition) is 1. The number of carbonyl (C=O) groups excluding carboxylic acids is 2. The van der Waals surface area contributed by atoms with Crippen molar-refractivity contribution in [2.24, 2.45) is 5.73 Å². The van der Waals surface area contributed by atoms with Gasteiger partial charge in [0, 0.05) is 32.2 Å². The molecule has 0 aromatic carbocycles. The van der Waals surface area contributed by atoms with Crippen LogP contribution in [0.5, 0.6) is 0 Å². The first-order valence-corrected chi connectivity index (χ1v) is 12.9. The third-order valence-electron chi connectivity index (χ3n) is 5.70. The highest BCUT2D eigenvalue weighted by molar-refractivity contribution is 5.69. The molecule has 1 aliphatic carbocycles. The predicted molar refractivity (Wildman–Crippen MR) is 135 cm³/mol. The maximum absolute atomic E-state index is 13.0. The standard InChI is InChI=1S/C25H46N6O4/c1-24(2,3)34-22(32)29(14-10-16-30-19-27-21(18-26)28-30)15-11-17-31(20-12-8-7-9-13-20)23(33)35-25(4,5)6/h19-20H,7-18,26H2,1-6H3. The highest BCUT2D eigenvalue weighted by atomic mass is 16.6. The van der Waals surface area contributed by atoms with Crippen molar-refractivity contribution in [1.82, 2.24) is 24.6 Å². The topological polar surface area (TPSA) is 116 Å². The Morgan fingerprint density at radius 3 is 2.14 bits per heavy atom. The minimum Gasteiger partial charge on any atom is -0.444 e. The fourth-order valence-corrected chi connectivity index (χ4v) is 4.15. The molecule has 1 heterocycles. The molecule has 1 fully saturated rings. The Hall–Kier alpha value is -2.36. The Morgan fingerprint density at radius 2 is 1.57 bits per heavy atom. The van der Waals surface area contributed by atoms with Gasteiger partial charge in [0.2, 0.25) is 0 Å². The van der Waals surface area contributed by atoms with Crippen LogP contribution in [0.15, 0.2) is 6.33 Å². The number of aromatic nitrogens is 3. The summed E-state index contributed by atoms with van der Waals surface area (Å²) in [6.45, 7) is 13.7. The van der Waals surface area contributed by atoms with Crippen molar-refractivity contribution in [3.05, 3.63) is 12.2 Å². The predicted octanol–water partition coefficient (Wildman–Crippen LogP) is 4.32. The average Bonchev–Trinajstić information content (AvgIpc) is 3.21. The SMILES string of the molecule is CC(C)(C)OC(=O)N(CCCN(C(=O)OC(C)(C)C)C1CCCCC1)CCCn1cnc(CN)n1. The number of amides is 2. The van der Waals surface area contributed by atoms with Gasteiger partial charge in [-0.15, -0.1) is 0 Å². The van der Waals surface area contributed by atoms with Gasteiger partial charge in [-0.05, 0) is 67.2 Å². The van der Waals surface area contributed by atoms with Gasteiger partial charge in [0.15, 0.2) is 5.82 Å². The molecule has 1 aromatic rings. The minimum atomic E-state index is -0.581. The summed E-state index contributed by atoms with van der Waals surface area (Å²) < 4.78 is 13.1. The van der Waals surface area contributed by atoms with Crippen LogP contribution in [0.4, 0.5) is 9.59 Å². The van der Waals surface area contributed by atoms with Crippen molar-refractivity contribution < 1.29 is 19.1 Å². The Kier molecular flexibility index (Phi) is 10.8. The fraction of sp³-hybridized carbons (Fsp3) is 0.840. The largest absolute Gasteiger partial charge is 0.444 e. The van der Waals surface area contributed by atoms with Gasteiger partial charge >= 0.3 is 12.2 Å². The second kappa shape index (κ2) is 13.1. The van der Waals surface area contributed by atoms with E-state index in [2.05, 4.69) is 10.1 Å². The summed E-state index contributed by atoms with van der Waals surface area (Å²) in [5, 5.41) is 4.30. The molecule has 0 aliphatic heterocycles. The molecule has 2 N–H and O–H groups in total. The third kappa shape index (κ3) is 10.8. The molecule has 0 radical (unpaired) electrons. The number of ether oxygens (including phenoxy) is 2. The second-order valence-corrected chi connectivity index (χ2v) is 11.3. The van der Waals surface area contributed by atoms with Gasteiger partial charge in [0.05, 0.1) is 6.54 Å². The van der Waals surface area contributed by atoms with Gasteiger partial charge in [-0.3, -0.25) is 4.68 Å². The quantitative estimate of drug-likeness (QED) is 0.515. The smallest absolute Gasteiger partial charge is 0.410 e. The van der Waals surface area contributed by atoms with Gasteiger partial charge in [-0.25, -0.2) is 14.6 Å². The van der Waals surface area contributed by atoms with Crippen LogP contribution in [0.1, 0.15) is 92.3 Å². The van der Waals surface area contributed by atoms with E-state index >= 15 is 0 Å². The van der Waals surface area contributed by atoms with Crippen molar-refractivity contribution in [2.75, 3.05) is 19.6 Å². The molecule has 0 bridgehead atoms. The number of nitrogens with two attached hydrogens (primary N) is 1. The first-order chi connectivity index (χ1) is 16.4. The summed E-state index contributed by atoms with van der Waals surface area (Å²) >= 11 is 0. The van der Waals surface area contributed by atoms with E-state index in [1.165, 1.54) is 6.42 Å². The molecular formula is C25H46N6O4. The first-order valence-electron chi connectivity index (χ1n) is 12.9. The van der Waals surface area contributed by atoms with Crippen LogP contribution in [0.2, 0.25) is 0 Å². The first kappa shape index (κ1) is 28.9. The lowest BCUT2D eigenvalue weighted by molar-refractivity contribution is 0.00995. The summed E-state index contributed by atoms with van der Waals surface area (Å²) in [6, 6.07) is 0.192. The van der Waals surface area contributed by atoms with Crippen LogP contribution >= 0.6 is 0 Å². The summed E-state index contributed by atoms with van der Waals surface area (Å²) in [7, 11) is 0. The number of nitrogens with zero attached hydrogens (tertiary/aromatic N) is 5. The van der Waals surface area contributed by atoms with Crippen molar-refractivity contribution in [3.8, 4) is 0 Å². The van der Waals surface area contributed by atoms with Crippen molar-refractivity contribution in [1.29, 1.82) is 0 Å². The van der Waals surface area contributed by atoms with E-state index < -0.39 is 11.2 Å². The van der Waals surface area contributed by atoms with Gasteiger partial charge in [-0.1, -0.05) is 19.3 Å². The summed E-state index contributed by atoms with van der Waals surface area (Å²) in [5.74, 6) is 0.596. The van der Waals surface area contributed by atoms with Gasteiger partial charge in [0.25, 0.3) is 0 Å². The van der Waals surface area contributed by atoms with Gasteiger partial charge in [0.1, 0.15) is 17.5 Å². The highest BCUT2D eigenvalue weighted by Gasteiger charge is 2.30. The Labute approximate surface area is 210 Å². The average molecular weight is 495 g/mol. The van der Waals surface area contributed by atoms with E-state index in [0.717, 1.165) is 25.7 Å². The highest BCUT2D eigenvalue weighted by Crippen LogP contribution is 2.25. The van der Waals surface area contributed by atoms with Crippen LogP contribution in [0, 0.1) is 0 Å². The molecule has 0 saturated heterocycles. The number of hydrogen-bond acceptors (Lipinski definition) is 7. The van der Waals surface area contributed by atoms with E-state index in [4.69, 9.17) is 15.2 Å². The molecule has 1 saturated carbocycles. The Bertz CT molecular complexity index is 793. The third-order valence-corrected chi connectivity index (χ3v) is 5.70. The number of aryl methyl sites for hydroxylation is 1. The monoisotopic (exact) mass is 494 g/mol. The normalized spacial score (nSPS) is 15.1. The molecule has 2 rings (SSSR count). The van der Waals surface area contributed by atoms with E-state index in [1.807, 2.05) is 46.4 Å². The lowest BCUT2D eigenvalue weighted by Gasteiger charge is -2.36. The molecule has 10 heteroatoms. The zero-order valence-corrected chi connectivity index (χ0v) is 22.6. The maximum Gasteiger partial charge on any atom is 0.410 e. The van der Waals surface area contributed by atoms with E-state index in [-0.39, 0.29) is 18.2 Å². The van der Waals surface area contributed by atoms with E-state index in [9.17, 15) is 9.59 Å². The van der Waals surface area contributed by atoms with E-state index in [1.54, 1.807) is 15.9 Å². The van der Waals surface area contributed by atoms with E-state index in [0.29, 0.717) is 51.4 Å². The Balaban J connectivity index is 1.99. The van der Waals surface area contributed by atoms with Crippen LogP contribution in [-0.4, -0.2) is 73.6 Å². The second-order valence-electron chi connectivity index (χ2n) is 11.3. The molecule has 1 aliphatic rings. The van der Waals surface area contributed by atoms with Crippen LogP contribution in [-0.2, 0) is 22.6 Å². The zero-order valence-electron chi connectivity index (χ0n) is 22.6. The molecular weight excluding hydrogens is 448 g/mol. The molecule has 0 unspecified atom stereocenters. The van der Waals surface area contributed by atoms with Gasteiger partial charge in [-0.2, -0.15) is 5.10 Å². The molecule has 0 atom stereocenters. The molecule has 200 valence electrons. The molecule has 2 amide bonds. The summed E-state index contributed by atoms with van der Waals surface area (Å²) in [5.41, 5.74) is 4.46. The Morgan fingerprint density at radius 1 is 0.971 bits per heavy atom. The summed E-state index contributed by atoms with van der Waals surface area (Å²) in [4.78, 5) is 33.6. The van der Waals surface area contributed by atoms with Crippen LogP contribution in [0.25, 0.3) is 0 Å². The van der Waals surface area contributed by atoms with Gasteiger partial charge < -0.3 is 25.0 Å². The number of rotatable bonds is 10.